The standard InChI is InChI=1S/C17H19NO5S/c1-2-23-17(20)12-10-18-13-8-5-9-14(15(13)16(12)19)24(21,22)11-6-3-4-7-11/h5,8-11H,2-4,6-7H2,1H3,(H,18,19). The van der Waals surface area contributed by atoms with Crippen LogP contribution in [0.15, 0.2) is 34.1 Å². The van der Waals surface area contributed by atoms with Crippen LogP contribution in [0.5, 0.6) is 0 Å². The van der Waals surface area contributed by atoms with E-state index in [-0.39, 0.29) is 22.5 Å². The van der Waals surface area contributed by atoms with Crippen molar-refractivity contribution in [2.24, 2.45) is 0 Å². The lowest BCUT2D eigenvalue weighted by molar-refractivity contribution is 0.0524. The summed E-state index contributed by atoms with van der Waals surface area (Å²) in [6.07, 6.45) is 4.23. The number of sulfone groups is 1. The number of esters is 1. The fourth-order valence-electron chi connectivity index (χ4n) is 3.21. The molecule has 6 nitrogen and oxygen atoms in total. The molecule has 1 aromatic carbocycles. The third-order valence-corrected chi connectivity index (χ3v) is 6.72. The molecule has 1 aliphatic rings. The predicted octanol–water partition coefficient (Wildman–Crippen LogP) is 2.42. The van der Waals surface area contributed by atoms with Gasteiger partial charge in [0.15, 0.2) is 9.84 Å². The minimum atomic E-state index is -3.61. The van der Waals surface area contributed by atoms with Crippen LogP contribution < -0.4 is 5.43 Å². The Balaban J connectivity index is 2.24. The first kappa shape index (κ1) is 16.7. The first-order chi connectivity index (χ1) is 11.5. The molecule has 1 heterocycles. The molecule has 1 aromatic heterocycles. The Morgan fingerprint density at radius 2 is 2.00 bits per heavy atom. The van der Waals surface area contributed by atoms with E-state index < -0.39 is 26.5 Å². The number of pyridine rings is 1. The van der Waals surface area contributed by atoms with Crippen LogP contribution >= 0.6 is 0 Å². The van der Waals surface area contributed by atoms with Crippen LogP contribution in [-0.2, 0) is 14.6 Å². The normalized spacial score (nSPS) is 15.7. The van der Waals surface area contributed by atoms with Crippen LogP contribution in [0.2, 0.25) is 0 Å². The van der Waals surface area contributed by atoms with Crippen LogP contribution in [0.3, 0.4) is 0 Å². The molecule has 0 unspecified atom stereocenters. The first-order valence-electron chi connectivity index (χ1n) is 8.02. The van der Waals surface area contributed by atoms with Gasteiger partial charge in [-0.1, -0.05) is 18.9 Å². The molecule has 0 amide bonds. The highest BCUT2D eigenvalue weighted by Gasteiger charge is 2.32. The molecule has 0 bridgehead atoms. The maximum atomic E-state index is 12.9. The molecule has 24 heavy (non-hydrogen) atoms. The van der Waals surface area contributed by atoms with E-state index in [1.165, 1.54) is 12.3 Å². The van der Waals surface area contributed by atoms with E-state index in [2.05, 4.69) is 4.98 Å². The summed E-state index contributed by atoms with van der Waals surface area (Å²) in [7, 11) is -3.61. The van der Waals surface area contributed by atoms with Gasteiger partial charge in [-0.15, -0.1) is 0 Å². The molecule has 7 heteroatoms. The highest BCUT2D eigenvalue weighted by Crippen LogP contribution is 2.31. The number of hydrogen-bond donors (Lipinski definition) is 1. The number of carbonyl (C=O) groups is 1. The summed E-state index contributed by atoms with van der Waals surface area (Å²) < 4.78 is 30.8. The highest BCUT2D eigenvalue weighted by molar-refractivity contribution is 7.92. The zero-order chi connectivity index (χ0) is 17.3. The van der Waals surface area contributed by atoms with E-state index in [9.17, 15) is 18.0 Å². The van der Waals surface area contributed by atoms with Gasteiger partial charge in [0.1, 0.15) is 5.56 Å². The summed E-state index contributed by atoms with van der Waals surface area (Å²) >= 11 is 0. The van der Waals surface area contributed by atoms with Crippen molar-refractivity contribution in [2.75, 3.05) is 6.61 Å². The number of aromatic amines is 1. The number of benzene rings is 1. The number of nitrogens with one attached hydrogen (secondary N) is 1. The van der Waals surface area contributed by atoms with Crippen molar-refractivity contribution in [3.8, 4) is 0 Å². The molecule has 0 atom stereocenters. The Morgan fingerprint density at radius 1 is 1.29 bits per heavy atom. The van der Waals surface area contributed by atoms with Crippen molar-refractivity contribution in [1.82, 2.24) is 4.98 Å². The van der Waals surface area contributed by atoms with E-state index in [4.69, 9.17) is 4.74 Å². The molecule has 0 aliphatic heterocycles. The molecule has 128 valence electrons. The summed E-state index contributed by atoms with van der Waals surface area (Å²) in [5.41, 5.74) is -0.398. The lowest BCUT2D eigenvalue weighted by Crippen LogP contribution is -2.23. The van der Waals surface area contributed by atoms with E-state index in [0.29, 0.717) is 18.4 Å². The number of rotatable bonds is 4. The fourth-order valence-corrected chi connectivity index (χ4v) is 5.28. The SMILES string of the molecule is CCOC(=O)c1c[nH]c2cccc(S(=O)(=O)C3CCCC3)c2c1=O. The first-order valence-corrected chi connectivity index (χ1v) is 9.57. The molecule has 0 radical (unpaired) electrons. The van der Waals surface area contributed by atoms with Crippen molar-refractivity contribution >= 4 is 26.7 Å². The number of carbonyl (C=O) groups excluding carboxylic acids is 1. The van der Waals surface area contributed by atoms with Gasteiger partial charge in [-0.05, 0) is 31.9 Å². The van der Waals surface area contributed by atoms with E-state index in [1.807, 2.05) is 0 Å². The second kappa shape index (κ2) is 6.39. The van der Waals surface area contributed by atoms with Crippen LogP contribution in [0.4, 0.5) is 0 Å². The molecule has 0 saturated heterocycles. The lowest BCUT2D eigenvalue weighted by atomic mass is 10.1. The average molecular weight is 349 g/mol. The van der Waals surface area contributed by atoms with E-state index in [1.54, 1.807) is 19.1 Å². The molecule has 1 fully saturated rings. The number of hydrogen-bond acceptors (Lipinski definition) is 5. The maximum absolute atomic E-state index is 12.9. The van der Waals surface area contributed by atoms with E-state index in [0.717, 1.165) is 12.8 Å². The fraction of sp³-hybridized carbons (Fsp3) is 0.412. The molecule has 3 rings (SSSR count). The third kappa shape index (κ3) is 2.73. The van der Waals surface area contributed by atoms with Gasteiger partial charge < -0.3 is 9.72 Å². The Labute approximate surface area is 139 Å². The summed E-state index contributed by atoms with van der Waals surface area (Å²) in [5.74, 6) is -0.756. The van der Waals surface area contributed by atoms with Crippen LogP contribution in [0.25, 0.3) is 10.9 Å². The van der Waals surface area contributed by atoms with Crippen molar-refractivity contribution in [3.05, 3.63) is 40.2 Å². The van der Waals surface area contributed by atoms with Crippen LogP contribution in [0.1, 0.15) is 43.0 Å². The minimum Gasteiger partial charge on any atom is -0.462 e. The molecule has 0 spiro atoms. The second-order valence-electron chi connectivity index (χ2n) is 5.88. The number of H-pyrrole nitrogens is 1. The lowest BCUT2D eigenvalue weighted by Gasteiger charge is -2.13. The summed E-state index contributed by atoms with van der Waals surface area (Å²) in [6, 6.07) is 4.67. The van der Waals surface area contributed by atoms with Crippen molar-refractivity contribution in [3.63, 3.8) is 0 Å². The van der Waals surface area contributed by atoms with Crippen LogP contribution in [-0.4, -0.2) is 31.2 Å². The quantitative estimate of drug-likeness (QED) is 0.856. The predicted molar refractivity (Wildman–Crippen MR) is 90.0 cm³/mol. The molecular formula is C17H19NO5S. The Hall–Kier alpha value is -2.15. The van der Waals surface area contributed by atoms with Gasteiger partial charge in [0.25, 0.3) is 0 Å². The third-order valence-electron chi connectivity index (χ3n) is 4.41. The largest absolute Gasteiger partial charge is 0.462 e. The van der Waals surface area contributed by atoms with Gasteiger partial charge in [-0.2, -0.15) is 0 Å². The Bertz CT molecular complexity index is 939. The average Bonchev–Trinajstić information content (AvgIpc) is 3.10. The van der Waals surface area contributed by atoms with Gasteiger partial charge in [0.05, 0.1) is 27.7 Å². The number of aromatic nitrogens is 1. The van der Waals surface area contributed by atoms with Gasteiger partial charge in [0.2, 0.25) is 5.43 Å². The summed E-state index contributed by atoms with van der Waals surface area (Å²) in [5, 5.41) is -0.427. The molecule has 1 saturated carbocycles. The molecule has 1 N–H and O–H groups in total. The van der Waals surface area contributed by atoms with Gasteiger partial charge >= 0.3 is 5.97 Å². The zero-order valence-corrected chi connectivity index (χ0v) is 14.2. The summed E-state index contributed by atoms with van der Waals surface area (Å²) in [4.78, 5) is 27.5. The van der Waals surface area contributed by atoms with Gasteiger partial charge in [0, 0.05) is 6.20 Å². The Kier molecular flexibility index (Phi) is 4.45. The zero-order valence-electron chi connectivity index (χ0n) is 13.4. The Morgan fingerprint density at radius 3 is 2.67 bits per heavy atom. The molecular weight excluding hydrogens is 330 g/mol. The molecule has 2 aromatic rings. The van der Waals surface area contributed by atoms with Crippen LogP contribution in [0, 0.1) is 0 Å². The highest BCUT2D eigenvalue weighted by atomic mass is 32.2. The summed E-state index contributed by atoms with van der Waals surface area (Å²) in [6.45, 7) is 1.78. The smallest absolute Gasteiger partial charge is 0.343 e. The minimum absolute atomic E-state index is 0.000650. The van der Waals surface area contributed by atoms with Gasteiger partial charge in [-0.3, -0.25) is 4.79 Å². The second-order valence-corrected chi connectivity index (χ2v) is 8.08. The number of ether oxygens (including phenoxy) is 1. The van der Waals surface area contributed by atoms with Gasteiger partial charge in [-0.25, -0.2) is 13.2 Å². The maximum Gasteiger partial charge on any atom is 0.343 e. The van der Waals surface area contributed by atoms with Crippen molar-refractivity contribution in [2.45, 2.75) is 42.8 Å². The van der Waals surface area contributed by atoms with Crippen molar-refractivity contribution < 1.29 is 17.9 Å². The van der Waals surface area contributed by atoms with Crippen molar-refractivity contribution in [1.29, 1.82) is 0 Å². The topological polar surface area (TPSA) is 93.3 Å². The number of fused-ring (bicyclic) bond motifs is 1. The monoisotopic (exact) mass is 349 g/mol. The molecule has 1 aliphatic carbocycles. The van der Waals surface area contributed by atoms with E-state index >= 15 is 0 Å².